The van der Waals surface area contributed by atoms with E-state index in [1.165, 1.54) is 23.2 Å². The van der Waals surface area contributed by atoms with Gasteiger partial charge in [0.2, 0.25) is 5.91 Å². The van der Waals surface area contributed by atoms with Gasteiger partial charge in [0.25, 0.3) is 0 Å². The van der Waals surface area contributed by atoms with Crippen molar-refractivity contribution >= 4 is 17.6 Å². The van der Waals surface area contributed by atoms with Gasteiger partial charge < -0.3 is 20.0 Å². The van der Waals surface area contributed by atoms with Crippen LogP contribution in [0.2, 0.25) is 0 Å². The third-order valence-electron chi connectivity index (χ3n) is 5.09. The molecule has 0 saturated carbocycles. The van der Waals surface area contributed by atoms with Crippen LogP contribution >= 0.6 is 0 Å². The van der Waals surface area contributed by atoms with Crippen LogP contribution in [0.5, 0.6) is 0 Å². The fourth-order valence-corrected chi connectivity index (χ4v) is 3.53. The molecule has 0 bridgehead atoms. The third-order valence-corrected chi connectivity index (χ3v) is 5.09. The van der Waals surface area contributed by atoms with E-state index in [0.29, 0.717) is 13.1 Å². The highest BCUT2D eigenvalue weighted by molar-refractivity contribution is 5.86. The Morgan fingerprint density at radius 2 is 2.00 bits per heavy atom. The number of fused-ring (bicyclic) bond motifs is 1. The highest BCUT2D eigenvalue weighted by Gasteiger charge is 2.16. The number of aryl methyl sites for hydroxylation is 1. The Hall–Kier alpha value is -2.24. The first-order chi connectivity index (χ1) is 13.0. The van der Waals surface area contributed by atoms with Crippen molar-refractivity contribution in [3.05, 3.63) is 29.3 Å². The van der Waals surface area contributed by atoms with Gasteiger partial charge in [0, 0.05) is 46.0 Å². The minimum Gasteiger partial charge on any atom is -0.374 e. The number of guanidine groups is 1. The molecule has 6 heteroatoms. The molecule has 1 aliphatic heterocycles. The Labute approximate surface area is 164 Å². The van der Waals surface area contributed by atoms with Gasteiger partial charge >= 0.3 is 0 Å². The fourth-order valence-electron chi connectivity index (χ4n) is 3.53. The SMILES string of the molecule is CCNC(=NCc1ccc2c(c1)CCCN2C)N(C)CC(=O)N(CC)CC. The van der Waals surface area contributed by atoms with Crippen molar-refractivity contribution < 1.29 is 4.79 Å². The standard InChI is InChI=1S/C21H35N5O/c1-6-22-21(25(5)16-20(27)26(7-2)8-3)23-15-17-11-12-19-18(14-17)10-9-13-24(19)4/h11-12,14H,6-10,13,15-16H2,1-5H3,(H,22,23). The molecule has 0 aliphatic carbocycles. The molecule has 6 nitrogen and oxygen atoms in total. The molecule has 1 N–H and O–H groups in total. The summed E-state index contributed by atoms with van der Waals surface area (Å²) in [5.74, 6) is 0.901. The van der Waals surface area contributed by atoms with Crippen LogP contribution in [0.3, 0.4) is 0 Å². The average Bonchev–Trinajstić information content (AvgIpc) is 2.66. The summed E-state index contributed by atoms with van der Waals surface area (Å²) < 4.78 is 0. The van der Waals surface area contributed by atoms with Gasteiger partial charge in [-0.05, 0) is 50.8 Å². The van der Waals surface area contributed by atoms with Gasteiger partial charge in [0.15, 0.2) is 5.96 Å². The maximum absolute atomic E-state index is 12.4. The van der Waals surface area contributed by atoms with Gasteiger partial charge in [0.05, 0.1) is 13.1 Å². The predicted octanol–water partition coefficient (Wildman–Crippen LogP) is 2.33. The van der Waals surface area contributed by atoms with Crippen LogP contribution in [0.4, 0.5) is 5.69 Å². The van der Waals surface area contributed by atoms with E-state index < -0.39 is 0 Å². The lowest BCUT2D eigenvalue weighted by atomic mass is 10.00. The van der Waals surface area contributed by atoms with Crippen molar-refractivity contribution in [2.45, 2.75) is 40.2 Å². The maximum atomic E-state index is 12.4. The lowest BCUT2D eigenvalue weighted by Gasteiger charge is -2.28. The summed E-state index contributed by atoms with van der Waals surface area (Å²) >= 11 is 0. The quantitative estimate of drug-likeness (QED) is 0.589. The minimum absolute atomic E-state index is 0.130. The van der Waals surface area contributed by atoms with Crippen LogP contribution in [0.25, 0.3) is 0 Å². The van der Waals surface area contributed by atoms with E-state index in [2.05, 4.69) is 35.5 Å². The number of carbonyl (C=O) groups excluding carboxylic acids is 1. The smallest absolute Gasteiger partial charge is 0.242 e. The Morgan fingerprint density at radius 1 is 1.26 bits per heavy atom. The molecule has 0 radical (unpaired) electrons. The Bertz CT molecular complexity index is 654. The second-order valence-electron chi connectivity index (χ2n) is 7.08. The Balaban J connectivity index is 2.07. The number of hydrogen-bond donors (Lipinski definition) is 1. The molecule has 1 aliphatic rings. The van der Waals surface area contributed by atoms with Crippen molar-refractivity contribution in [1.29, 1.82) is 0 Å². The van der Waals surface area contributed by atoms with Crippen LogP contribution in [0.1, 0.15) is 38.3 Å². The van der Waals surface area contributed by atoms with Crippen LogP contribution < -0.4 is 10.2 Å². The van der Waals surface area contributed by atoms with Gasteiger partial charge in [0.1, 0.15) is 0 Å². The first-order valence-electron chi connectivity index (χ1n) is 10.1. The molecule has 0 atom stereocenters. The zero-order chi connectivity index (χ0) is 19.8. The zero-order valence-electron chi connectivity index (χ0n) is 17.6. The topological polar surface area (TPSA) is 51.2 Å². The van der Waals surface area contributed by atoms with E-state index >= 15 is 0 Å². The van der Waals surface area contributed by atoms with E-state index in [0.717, 1.165) is 38.6 Å². The first kappa shape index (κ1) is 21.1. The van der Waals surface area contributed by atoms with Crippen LogP contribution in [-0.2, 0) is 17.8 Å². The number of rotatable bonds is 7. The number of nitrogens with one attached hydrogen (secondary N) is 1. The van der Waals surface area contributed by atoms with Crippen LogP contribution in [-0.4, -0.2) is 68.5 Å². The third kappa shape index (κ3) is 5.62. The summed E-state index contributed by atoms with van der Waals surface area (Å²) in [6.07, 6.45) is 2.34. The Kier molecular flexibility index (Phi) is 7.95. The molecule has 0 fully saturated rings. The van der Waals surface area contributed by atoms with Gasteiger partial charge in [-0.2, -0.15) is 0 Å². The number of amides is 1. The number of anilines is 1. The molecule has 1 heterocycles. The molecule has 1 aromatic carbocycles. The summed E-state index contributed by atoms with van der Waals surface area (Å²) in [7, 11) is 4.08. The summed E-state index contributed by atoms with van der Waals surface area (Å²) in [5.41, 5.74) is 3.96. The number of likely N-dealkylation sites (N-methyl/N-ethyl adjacent to an activating group) is 2. The summed E-state index contributed by atoms with van der Waals surface area (Å²) in [5, 5.41) is 3.30. The number of carbonyl (C=O) groups is 1. The monoisotopic (exact) mass is 373 g/mol. The molecule has 150 valence electrons. The zero-order valence-corrected chi connectivity index (χ0v) is 17.6. The van der Waals surface area contributed by atoms with Crippen LogP contribution in [0, 0.1) is 0 Å². The van der Waals surface area contributed by atoms with Crippen molar-refractivity contribution in [1.82, 2.24) is 15.1 Å². The number of nitrogens with zero attached hydrogens (tertiary/aromatic N) is 4. The van der Waals surface area contributed by atoms with Gasteiger partial charge in [-0.25, -0.2) is 4.99 Å². The van der Waals surface area contributed by atoms with E-state index in [1.807, 2.05) is 37.6 Å². The molecule has 27 heavy (non-hydrogen) atoms. The summed E-state index contributed by atoms with van der Waals surface area (Å²) in [6.45, 7) is 10.4. The van der Waals surface area contributed by atoms with Crippen molar-refractivity contribution in [3.63, 3.8) is 0 Å². The molecular formula is C21H35N5O. The lowest BCUT2D eigenvalue weighted by molar-refractivity contribution is -0.131. The summed E-state index contributed by atoms with van der Waals surface area (Å²) in [4.78, 5) is 23.2. The second kappa shape index (κ2) is 10.2. The highest BCUT2D eigenvalue weighted by Crippen LogP contribution is 2.26. The predicted molar refractivity (Wildman–Crippen MR) is 113 cm³/mol. The van der Waals surface area contributed by atoms with E-state index in [1.54, 1.807) is 0 Å². The van der Waals surface area contributed by atoms with Crippen molar-refractivity contribution in [2.24, 2.45) is 4.99 Å². The number of benzene rings is 1. The molecule has 0 spiro atoms. The normalized spacial score (nSPS) is 14.0. The molecule has 2 rings (SSSR count). The number of aliphatic imine (C=N–C) groups is 1. The molecule has 0 saturated heterocycles. The highest BCUT2D eigenvalue weighted by atomic mass is 16.2. The van der Waals surface area contributed by atoms with Gasteiger partial charge in [-0.15, -0.1) is 0 Å². The molecule has 0 aromatic heterocycles. The van der Waals surface area contributed by atoms with E-state index in [-0.39, 0.29) is 5.91 Å². The molecule has 1 aromatic rings. The van der Waals surface area contributed by atoms with Crippen molar-refractivity contribution in [3.8, 4) is 0 Å². The summed E-state index contributed by atoms with van der Waals surface area (Å²) in [6, 6.07) is 6.65. The molecular weight excluding hydrogens is 338 g/mol. The second-order valence-corrected chi connectivity index (χ2v) is 7.08. The minimum atomic E-state index is 0.130. The fraction of sp³-hybridized carbons (Fsp3) is 0.619. The van der Waals surface area contributed by atoms with E-state index in [4.69, 9.17) is 4.99 Å². The lowest BCUT2D eigenvalue weighted by Crippen LogP contribution is -2.45. The molecule has 0 unspecified atom stereocenters. The van der Waals surface area contributed by atoms with Gasteiger partial charge in [-0.1, -0.05) is 12.1 Å². The van der Waals surface area contributed by atoms with Crippen LogP contribution in [0.15, 0.2) is 23.2 Å². The first-order valence-corrected chi connectivity index (χ1v) is 10.1. The maximum Gasteiger partial charge on any atom is 0.242 e. The van der Waals surface area contributed by atoms with Gasteiger partial charge in [-0.3, -0.25) is 4.79 Å². The largest absolute Gasteiger partial charge is 0.374 e. The van der Waals surface area contributed by atoms with E-state index in [9.17, 15) is 4.79 Å². The Morgan fingerprint density at radius 3 is 2.67 bits per heavy atom. The molecule has 1 amide bonds. The number of hydrogen-bond acceptors (Lipinski definition) is 3. The van der Waals surface area contributed by atoms with Crippen molar-refractivity contribution in [2.75, 3.05) is 51.7 Å². The average molecular weight is 374 g/mol.